The van der Waals surface area contributed by atoms with E-state index in [0.29, 0.717) is 0 Å². The van der Waals surface area contributed by atoms with Crippen LogP contribution in [0, 0.1) is 11.3 Å². The highest BCUT2D eigenvalue weighted by Crippen LogP contribution is 1.99. The number of nitriles is 1. The molecule has 0 spiro atoms. The van der Waals surface area contributed by atoms with E-state index in [1.807, 2.05) is 0 Å². The van der Waals surface area contributed by atoms with Crippen molar-refractivity contribution in [2.24, 2.45) is 0 Å². The molecular formula is C5H3NO5. The van der Waals surface area contributed by atoms with Crippen molar-refractivity contribution < 1.29 is 24.9 Å². The molecular weight excluding hydrogens is 154 g/mol. The molecule has 6 nitrogen and oxygen atoms in total. The van der Waals surface area contributed by atoms with Crippen molar-refractivity contribution >= 4 is 11.9 Å². The molecule has 0 aliphatic rings. The lowest BCUT2D eigenvalue weighted by Crippen LogP contribution is -2.09. The number of aliphatic hydroxyl groups excluding tert-OH is 1. The smallest absolute Gasteiger partial charge is 0.372 e. The van der Waals surface area contributed by atoms with E-state index in [2.05, 4.69) is 0 Å². The summed E-state index contributed by atoms with van der Waals surface area (Å²) in [5, 5.41) is 32.5. The zero-order chi connectivity index (χ0) is 9.02. The summed E-state index contributed by atoms with van der Waals surface area (Å²) in [7, 11) is 0. The van der Waals surface area contributed by atoms with Crippen LogP contribution in [0.15, 0.2) is 11.3 Å². The second-order valence-electron chi connectivity index (χ2n) is 1.45. The summed E-state index contributed by atoms with van der Waals surface area (Å²) in [6.07, 6.45) is 0. The molecule has 0 aromatic carbocycles. The first kappa shape index (κ1) is 8.97. The van der Waals surface area contributed by atoms with E-state index in [1.54, 1.807) is 0 Å². The van der Waals surface area contributed by atoms with Gasteiger partial charge in [0.15, 0.2) is 5.57 Å². The minimum Gasteiger partial charge on any atom is -0.501 e. The first-order valence-corrected chi connectivity index (χ1v) is 2.30. The average molecular weight is 157 g/mol. The molecule has 6 heteroatoms. The van der Waals surface area contributed by atoms with Gasteiger partial charge in [0.25, 0.3) is 0 Å². The quantitative estimate of drug-likeness (QED) is 0.282. The van der Waals surface area contributed by atoms with Gasteiger partial charge in [0.05, 0.1) is 0 Å². The number of carboxylic acid groups (broad SMARTS) is 2. The Morgan fingerprint density at radius 2 is 1.55 bits per heavy atom. The summed E-state index contributed by atoms with van der Waals surface area (Å²) >= 11 is 0. The Morgan fingerprint density at radius 1 is 1.09 bits per heavy atom. The number of aliphatic hydroxyl groups is 1. The van der Waals surface area contributed by atoms with E-state index in [-0.39, 0.29) is 0 Å². The second kappa shape index (κ2) is 3.22. The Labute approximate surface area is 60.6 Å². The summed E-state index contributed by atoms with van der Waals surface area (Å²) < 4.78 is 0. The molecule has 0 aliphatic carbocycles. The minimum absolute atomic E-state index is 1.03. The van der Waals surface area contributed by atoms with Gasteiger partial charge in [0.1, 0.15) is 6.07 Å². The molecule has 0 rings (SSSR count). The molecule has 0 aromatic heterocycles. The zero-order valence-electron chi connectivity index (χ0n) is 5.11. The third-order valence-corrected chi connectivity index (χ3v) is 0.765. The van der Waals surface area contributed by atoms with Crippen molar-refractivity contribution in [3.8, 4) is 6.07 Å². The van der Waals surface area contributed by atoms with E-state index < -0.39 is 23.3 Å². The molecule has 0 saturated carbocycles. The van der Waals surface area contributed by atoms with Crippen LogP contribution in [0.2, 0.25) is 0 Å². The summed E-state index contributed by atoms with van der Waals surface area (Å²) in [5.41, 5.74) is -1.18. The highest BCUT2D eigenvalue weighted by atomic mass is 16.4. The third-order valence-electron chi connectivity index (χ3n) is 0.765. The third kappa shape index (κ3) is 1.98. The fourth-order valence-electron chi connectivity index (χ4n) is 0.309. The van der Waals surface area contributed by atoms with Crippen LogP contribution in [0.25, 0.3) is 0 Å². The van der Waals surface area contributed by atoms with Crippen LogP contribution in [0.5, 0.6) is 0 Å². The molecule has 58 valence electrons. The lowest BCUT2D eigenvalue weighted by molar-refractivity contribution is -0.138. The van der Waals surface area contributed by atoms with Crippen LogP contribution in [0.1, 0.15) is 0 Å². The molecule has 0 saturated heterocycles. The van der Waals surface area contributed by atoms with Crippen LogP contribution in [-0.4, -0.2) is 27.3 Å². The maximum Gasteiger partial charge on any atom is 0.372 e. The van der Waals surface area contributed by atoms with E-state index in [9.17, 15) is 9.59 Å². The van der Waals surface area contributed by atoms with Crippen molar-refractivity contribution in [2.75, 3.05) is 0 Å². The molecule has 0 bridgehead atoms. The topological polar surface area (TPSA) is 119 Å². The van der Waals surface area contributed by atoms with Gasteiger partial charge in [-0.3, -0.25) is 0 Å². The molecule has 0 amide bonds. The van der Waals surface area contributed by atoms with Crippen LogP contribution in [0.4, 0.5) is 0 Å². The number of hydrogen-bond donors (Lipinski definition) is 3. The van der Waals surface area contributed by atoms with Gasteiger partial charge >= 0.3 is 11.9 Å². The highest BCUT2D eigenvalue weighted by molar-refractivity contribution is 6.00. The Kier molecular flexibility index (Phi) is 2.62. The van der Waals surface area contributed by atoms with Crippen molar-refractivity contribution in [2.45, 2.75) is 0 Å². The molecule has 11 heavy (non-hydrogen) atoms. The Balaban J connectivity index is 5.04. The van der Waals surface area contributed by atoms with E-state index in [1.165, 1.54) is 0 Å². The Hall–Kier alpha value is -2.03. The van der Waals surface area contributed by atoms with Gasteiger partial charge in [-0.2, -0.15) is 5.26 Å². The lowest BCUT2D eigenvalue weighted by atomic mass is 10.2. The number of hydrogen-bond acceptors (Lipinski definition) is 4. The van der Waals surface area contributed by atoms with Crippen molar-refractivity contribution in [1.29, 1.82) is 5.26 Å². The lowest BCUT2D eigenvalue weighted by Gasteiger charge is -1.91. The van der Waals surface area contributed by atoms with Crippen LogP contribution in [-0.2, 0) is 9.59 Å². The van der Waals surface area contributed by atoms with Crippen LogP contribution in [0.3, 0.4) is 0 Å². The van der Waals surface area contributed by atoms with Gasteiger partial charge in [-0.15, -0.1) is 0 Å². The van der Waals surface area contributed by atoms with Crippen molar-refractivity contribution in [3.05, 3.63) is 11.3 Å². The summed E-state index contributed by atoms with van der Waals surface area (Å²) in [5.74, 6) is -5.07. The summed E-state index contributed by atoms with van der Waals surface area (Å²) in [6, 6.07) is 1.03. The first-order chi connectivity index (χ1) is 5.00. The molecule has 0 aliphatic heterocycles. The number of carbonyl (C=O) groups is 2. The van der Waals surface area contributed by atoms with Crippen LogP contribution < -0.4 is 0 Å². The monoisotopic (exact) mass is 157 g/mol. The number of carboxylic acids is 2. The largest absolute Gasteiger partial charge is 0.501 e. The molecule has 0 radical (unpaired) electrons. The Bertz CT molecular complexity index is 271. The standard InChI is InChI=1S/C5H3NO5/c6-1-2(4(8)9)3(7)5(10)11/h7H,(H,8,9)(H,10,11). The predicted molar refractivity (Wildman–Crippen MR) is 30.5 cm³/mol. The minimum atomic E-state index is -1.84. The fourth-order valence-corrected chi connectivity index (χ4v) is 0.309. The SMILES string of the molecule is N#CC(C(=O)O)=C(O)C(=O)O. The molecule has 0 atom stereocenters. The predicted octanol–water partition coefficient (Wildman–Crippen LogP) is -0.509. The normalized spacial score (nSPS) is 11.2. The highest BCUT2D eigenvalue weighted by Gasteiger charge is 2.18. The second-order valence-corrected chi connectivity index (χ2v) is 1.45. The maximum atomic E-state index is 9.97. The van der Waals surface area contributed by atoms with Gasteiger partial charge in [-0.25, -0.2) is 9.59 Å². The number of rotatable bonds is 2. The molecule has 3 N–H and O–H groups in total. The van der Waals surface area contributed by atoms with Gasteiger partial charge < -0.3 is 15.3 Å². The van der Waals surface area contributed by atoms with Gasteiger partial charge in [-0.05, 0) is 0 Å². The van der Waals surface area contributed by atoms with E-state index in [0.717, 1.165) is 6.07 Å². The summed E-state index contributed by atoms with van der Waals surface area (Å²) in [4.78, 5) is 19.9. The molecule has 0 aromatic rings. The molecule has 0 fully saturated rings. The molecule has 0 heterocycles. The van der Waals surface area contributed by atoms with Gasteiger partial charge in [0, 0.05) is 0 Å². The van der Waals surface area contributed by atoms with Crippen LogP contribution >= 0.6 is 0 Å². The van der Waals surface area contributed by atoms with Crippen molar-refractivity contribution in [1.82, 2.24) is 0 Å². The maximum absolute atomic E-state index is 9.97. The zero-order valence-corrected chi connectivity index (χ0v) is 5.11. The molecule has 0 unspecified atom stereocenters. The number of nitrogens with zero attached hydrogens (tertiary/aromatic N) is 1. The summed E-state index contributed by atoms with van der Waals surface area (Å²) in [6.45, 7) is 0. The van der Waals surface area contributed by atoms with Gasteiger partial charge in [-0.1, -0.05) is 0 Å². The average Bonchev–Trinajstić information content (AvgIpc) is 1.88. The van der Waals surface area contributed by atoms with Crippen molar-refractivity contribution in [3.63, 3.8) is 0 Å². The first-order valence-electron chi connectivity index (χ1n) is 2.30. The van der Waals surface area contributed by atoms with Gasteiger partial charge in [0.2, 0.25) is 5.76 Å². The van der Waals surface area contributed by atoms with E-state index in [4.69, 9.17) is 20.6 Å². The Morgan fingerprint density at radius 3 is 1.64 bits per heavy atom. The number of aliphatic carboxylic acids is 2. The van der Waals surface area contributed by atoms with E-state index >= 15 is 0 Å². The fraction of sp³-hybridized carbons (Fsp3) is 0.